The van der Waals surface area contributed by atoms with Gasteiger partial charge in [-0.1, -0.05) is 0 Å². The first-order chi connectivity index (χ1) is 13.0. The van der Waals surface area contributed by atoms with Gasteiger partial charge in [0.05, 0.1) is 12.3 Å². The average Bonchev–Trinajstić information content (AvgIpc) is 3.29. The Bertz CT molecular complexity index is 844. The second-order valence-corrected chi connectivity index (χ2v) is 6.78. The number of likely N-dealkylation sites (tertiary alicyclic amines) is 1. The first-order valence-electron chi connectivity index (χ1n) is 9.11. The van der Waals surface area contributed by atoms with Crippen molar-refractivity contribution in [3.05, 3.63) is 33.9 Å². The molecule has 0 spiro atoms. The summed E-state index contributed by atoms with van der Waals surface area (Å²) in [5, 5.41) is 3.80. The van der Waals surface area contributed by atoms with E-state index < -0.39 is 0 Å². The number of aromatic nitrogens is 3. The highest BCUT2D eigenvalue weighted by atomic mass is 16.5. The van der Waals surface area contributed by atoms with E-state index in [9.17, 15) is 9.59 Å². The fraction of sp³-hybridized carbons (Fsp3) is 0.556. The van der Waals surface area contributed by atoms with Crippen molar-refractivity contribution >= 4 is 11.9 Å². The number of aryl methyl sites for hydroxylation is 1. The fourth-order valence-corrected chi connectivity index (χ4v) is 3.13. The second kappa shape index (κ2) is 8.24. The van der Waals surface area contributed by atoms with Crippen LogP contribution in [0.5, 0.6) is 5.88 Å². The predicted octanol–water partition coefficient (Wildman–Crippen LogP) is 1.17. The minimum atomic E-state index is -0.177. The summed E-state index contributed by atoms with van der Waals surface area (Å²) in [6.45, 7) is 3.63. The summed E-state index contributed by atoms with van der Waals surface area (Å²) in [4.78, 5) is 35.2. The summed E-state index contributed by atoms with van der Waals surface area (Å²) in [5.74, 6) is 1.74. The lowest BCUT2D eigenvalue weighted by atomic mass is 10.1. The van der Waals surface area contributed by atoms with Gasteiger partial charge < -0.3 is 19.1 Å². The van der Waals surface area contributed by atoms with Crippen LogP contribution >= 0.6 is 0 Å². The van der Waals surface area contributed by atoms with Crippen LogP contribution in [0.25, 0.3) is 0 Å². The maximum Gasteiger partial charge on any atom is 0.254 e. The molecule has 1 amide bonds. The van der Waals surface area contributed by atoms with Gasteiger partial charge in [-0.25, -0.2) is 4.98 Å². The molecule has 1 atom stereocenters. The van der Waals surface area contributed by atoms with E-state index in [4.69, 9.17) is 9.26 Å². The molecule has 9 nitrogen and oxygen atoms in total. The number of hydrogen-bond donors (Lipinski definition) is 1. The standard InChI is InChI=1S/C18H25N5O4/c1-4-26-16-9-13(27-21-16)5-6-17(25)23-8-7-12(11-23)14-10-15(24)20-18(19-14)22(2)3/h9-10,12H,4-8,11H2,1-3H3,(H,19,20,24). The number of anilines is 1. The van der Waals surface area contributed by atoms with Gasteiger partial charge in [-0.15, -0.1) is 0 Å². The second-order valence-electron chi connectivity index (χ2n) is 6.78. The molecule has 0 saturated carbocycles. The summed E-state index contributed by atoms with van der Waals surface area (Å²) >= 11 is 0. The zero-order chi connectivity index (χ0) is 19.4. The molecule has 1 unspecified atom stereocenters. The largest absolute Gasteiger partial charge is 0.476 e. The van der Waals surface area contributed by atoms with Crippen LogP contribution in [0.3, 0.4) is 0 Å². The number of aromatic amines is 1. The van der Waals surface area contributed by atoms with E-state index in [0.29, 0.717) is 50.1 Å². The van der Waals surface area contributed by atoms with Crippen LogP contribution < -0.4 is 15.2 Å². The normalized spacial score (nSPS) is 16.6. The molecule has 9 heteroatoms. The lowest BCUT2D eigenvalue weighted by Crippen LogP contribution is -2.29. The summed E-state index contributed by atoms with van der Waals surface area (Å²) in [7, 11) is 3.65. The van der Waals surface area contributed by atoms with Gasteiger partial charge in [0.2, 0.25) is 11.9 Å². The molecular formula is C18H25N5O4. The van der Waals surface area contributed by atoms with E-state index in [1.165, 1.54) is 6.07 Å². The van der Waals surface area contributed by atoms with Gasteiger partial charge in [-0.3, -0.25) is 14.6 Å². The summed E-state index contributed by atoms with van der Waals surface area (Å²) in [5.41, 5.74) is 0.554. The van der Waals surface area contributed by atoms with Crippen molar-refractivity contribution in [1.82, 2.24) is 20.0 Å². The van der Waals surface area contributed by atoms with Crippen LogP contribution in [0.15, 0.2) is 21.5 Å². The molecule has 0 radical (unpaired) electrons. The summed E-state index contributed by atoms with van der Waals surface area (Å²) in [6, 6.07) is 3.24. The number of amides is 1. The van der Waals surface area contributed by atoms with Gasteiger partial charge in [-0.05, 0) is 18.5 Å². The number of H-pyrrole nitrogens is 1. The molecule has 1 aliphatic rings. The van der Waals surface area contributed by atoms with E-state index in [-0.39, 0.29) is 17.4 Å². The van der Waals surface area contributed by atoms with Gasteiger partial charge in [0.25, 0.3) is 11.4 Å². The fourth-order valence-electron chi connectivity index (χ4n) is 3.13. The minimum absolute atomic E-state index is 0.0598. The van der Waals surface area contributed by atoms with E-state index in [1.54, 1.807) is 11.0 Å². The summed E-state index contributed by atoms with van der Waals surface area (Å²) < 4.78 is 10.4. The molecule has 2 aromatic heterocycles. The highest BCUT2D eigenvalue weighted by molar-refractivity contribution is 5.76. The number of rotatable bonds is 7. The quantitative estimate of drug-likeness (QED) is 0.774. The Balaban J connectivity index is 1.57. The lowest BCUT2D eigenvalue weighted by Gasteiger charge is -2.17. The van der Waals surface area contributed by atoms with Crippen LogP contribution in [0.4, 0.5) is 5.95 Å². The first kappa shape index (κ1) is 18.9. The number of carbonyl (C=O) groups is 1. The average molecular weight is 375 g/mol. The van der Waals surface area contributed by atoms with Crippen molar-refractivity contribution in [2.75, 3.05) is 38.7 Å². The van der Waals surface area contributed by atoms with Crippen LogP contribution in [0.2, 0.25) is 0 Å². The Morgan fingerprint density at radius 3 is 3.00 bits per heavy atom. The van der Waals surface area contributed by atoms with Gasteiger partial charge in [0.1, 0.15) is 5.76 Å². The highest BCUT2D eigenvalue weighted by Crippen LogP contribution is 2.26. The van der Waals surface area contributed by atoms with Crippen LogP contribution in [0, 0.1) is 0 Å². The Morgan fingerprint density at radius 1 is 1.44 bits per heavy atom. The predicted molar refractivity (Wildman–Crippen MR) is 99.1 cm³/mol. The van der Waals surface area contributed by atoms with Gasteiger partial charge in [-0.2, -0.15) is 0 Å². The smallest absolute Gasteiger partial charge is 0.254 e. The van der Waals surface area contributed by atoms with E-state index in [1.807, 2.05) is 25.9 Å². The molecule has 0 bridgehead atoms. The number of hydrogen-bond acceptors (Lipinski definition) is 7. The third kappa shape index (κ3) is 4.66. The molecule has 3 heterocycles. The molecule has 0 aliphatic carbocycles. The Labute approximate surface area is 157 Å². The van der Waals surface area contributed by atoms with Crippen LogP contribution in [-0.2, 0) is 11.2 Å². The molecule has 2 aromatic rings. The van der Waals surface area contributed by atoms with Crippen LogP contribution in [-0.4, -0.2) is 59.7 Å². The number of nitrogens with one attached hydrogen (secondary N) is 1. The third-order valence-corrected chi connectivity index (χ3v) is 4.55. The van der Waals surface area contributed by atoms with Gasteiger partial charge in [0, 0.05) is 58.1 Å². The Kier molecular flexibility index (Phi) is 5.78. The van der Waals surface area contributed by atoms with Crippen molar-refractivity contribution in [2.24, 2.45) is 0 Å². The summed E-state index contributed by atoms with van der Waals surface area (Å²) in [6.07, 6.45) is 1.62. The molecule has 1 N–H and O–H groups in total. The molecule has 1 aliphatic heterocycles. The number of carbonyl (C=O) groups excluding carboxylic acids is 1. The van der Waals surface area contributed by atoms with Crippen LogP contribution in [0.1, 0.15) is 37.1 Å². The maximum atomic E-state index is 12.5. The zero-order valence-electron chi connectivity index (χ0n) is 15.9. The zero-order valence-corrected chi connectivity index (χ0v) is 15.9. The molecule has 3 rings (SSSR count). The van der Waals surface area contributed by atoms with Crippen molar-refractivity contribution in [3.8, 4) is 5.88 Å². The minimum Gasteiger partial charge on any atom is -0.476 e. The molecule has 1 fully saturated rings. The molecule has 0 aromatic carbocycles. The Hall–Kier alpha value is -2.84. The van der Waals surface area contributed by atoms with E-state index >= 15 is 0 Å². The van der Waals surface area contributed by atoms with Gasteiger partial charge in [0.15, 0.2) is 0 Å². The SMILES string of the molecule is CCOc1cc(CCC(=O)N2CCC(c3cc(=O)[nH]c(N(C)C)n3)C2)on1. The number of nitrogens with zero attached hydrogens (tertiary/aromatic N) is 4. The van der Waals surface area contributed by atoms with E-state index in [0.717, 1.165) is 12.1 Å². The monoisotopic (exact) mass is 375 g/mol. The molecule has 1 saturated heterocycles. The van der Waals surface area contributed by atoms with Crippen molar-refractivity contribution in [3.63, 3.8) is 0 Å². The first-order valence-corrected chi connectivity index (χ1v) is 9.11. The molecule has 27 heavy (non-hydrogen) atoms. The topological polar surface area (TPSA) is 105 Å². The Morgan fingerprint density at radius 2 is 2.26 bits per heavy atom. The number of ether oxygens (including phenoxy) is 1. The molecule has 146 valence electrons. The third-order valence-electron chi connectivity index (χ3n) is 4.55. The van der Waals surface area contributed by atoms with Crippen molar-refractivity contribution in [1.29, 1.82) is 0 Å². The molecular weight excluding hydrogens is 350 g/mol. The van der Waals surface area contributed by atoms with E-state index in [2.05, 4.69) is 15.1 Å². The van der Waals surface area contributed by atoms with Crippen molar-refractivity contribution in [2.45, 2.75) is 32.1 Å². The lowest BCUT2D eigenvalue weighted by molar-refractivity contribution is -0.130. The highest BCUT2D eigenvalue weighted by Gasteiger charge is 2.28. The maximum absolute atomic E-state index is 12.5. The van der Waals surface area contributed by atoms with Gasteiger partial charge >= 0.3 is 0 Å². The van der Waals surface area contributed by atoms with Crippen molar-refractivity contribution < 1.29 is 14.1 Å².